The summed E-state index contributed by atoms with van der Waals surface area (Å²) in [4.78, 5) is 0. The van der Waals surface area contributed by atoms with E-state index >= 15 is 0 Å². The molecular formula is C16H32NO3P3. The van der Waals surface area contributed by atoms with Gasteiger partial charge < -0.3 is 0 Å². The van der Waals surface area contributed by atoms with Gasteiger partial charge in [0.05, 0.1) is 0 Å². The molecule has 4 atom stereocenters. The van der Waals surface area contributed by atoms with E-state index in [-0.39, 0.29) is 18.8 Å². The average molecular weight is 379 g/mol. The Hall–Kier alpha value is 0.190. The topological polar surface area (TPSA) is 50.7 Å². The first-order valence-electron chi connectivity index (χ1n) is 8.01. The van der Waals surface area contributed by atoms with Gasteiger partial charge in [0.2, 0.25) is 0 Å². The van der Waals surface area contributed by atoms with E-state index in [1.54, 1.807) is 0 Å². The van der Waals surface area contributed by atoms with Gasteiger partial charge in [-0.3, -0.25) is 0 Å². The molecule has 7 heteroatoms. The molecule has 0 saturated heterocycles. The summed E-state index contributed by atoms with van der Waals surface area (Å²) < 4.78 is 12.4. The Morgan fingerprint density at radius 1 is 1.35 bits per heavy atom. The van der Waals surface area contributed by atoms with Crippen molar-refractivity contribution in [1.29, 1.82) is 0 Å². The van der Waals surface area contributed by atoms with Gasteiger partial charge >= 0.3 is 145 Å². The second-order valence-electron chi connectivity index (χ2n) is 6.56. The van der Waals surface area contributed by atoms with Crippen molar-refractivity contribution >= 4 is 30.8 Å². The fourth-order valence-electron chi connectivity index (χ4n) is 2.23. The normalized spacial score (nSPS) is 15.8. The third kappa shape index (κ3) is 7.74. The molecule has 4 nitrogen and oxygen atoms in total. The first-order chi connectivity index (χ1) is 10.8. The Morgan fingerprint density at radius 2 is 2.04 bits per heavy atom. The molecule has 2 N–H and O–H groups in total. The van der Waals surface area contributed by atoms with Crippen molar-refractivity contribution < 1.29 is 14.4 Å². The zero-order chi connectivity index (χ0) is 17.5. The Labute approximate surface area is 145 Å². The number of aliphatic hydroxyl groups excluding tert-OH is 1. The van der Waals surface area contributed by atoms with Crippen molar-refractivity contribution in [3.8, 4) is 5.75 Å². The van der Waals surface area contributed by atoms with Gasteiger partial charge in [0.15, 0.2) is 0 Å². The number of aliphatic hydroxyl groups is 1. The van der Waals surface area contributed by atoms with Gasteiger partial charge in [-0.1, -0.05) is 0 Å². The molecular weight excluding hydrogens is 347 g/mol. The van der Waals surface area contributed by atoms with Crippen LogP contribution in [-0.4, -0.2) is 51.0 Å². The van der Waals surface area contributed by atoms with Gasteiger partial charge in [-0.2, -0.15) is 0 Å². The van der Waals surface area contributed by atoms with Crippen molar-refractivity contribution in [2.75, 3.05) is 39.8 Å². The minimum atomic E-state index is -1.69. The summed E-state index contributed by atoms with van der Waals surface area (Å²) in [5.74, 6) is 0.821. The molecule has 0 fully saturated rings. The second kappa shape index (κ2) is 10.2. The molecule has 1 rings (SSSR count). The van der Waals surface area contributed by atoms with Crippen molar-refractivity contribution in [1.82, 2.24) is 5.09 Å². The van der Waals surface area contributed by atoms with E-state index in [0.29, 0.717) is 0 Å². The molecule has 1 aromatic rings. The fraction of sp³-hybridized carbons (Fsp3) is 0.625. The number of hydrogen-bond donors (Lipinski definition) is 2. The van der Waals surface area contributed by atoms with E-state index in [1.807, 2.05) is 19.1 Å². The Balaban J connectivity index is 3.10. The zero-order valence-corrected chi connectivity index (χ0v) is 18.0. The summed E-state index contributed by atoms with van der Waals surface area (Å²) in [5, 5.41) is 13.7. The number of para-hydroxylation sites is 1. The van der Waals surface area contributed by atoms with Crippen LogP contribution < -0.4 is 15.1 Å². The van der Waals surface area contributed by atoms with Crippen LogP contribution in [0.15, 0.2) is 18.2 Å². The van der Waals surface area contributed by atoms with E-state index < -0.39 is 7.49 Å². The van der Waals surface area contributed by atoms with Crippen molar-refractivity contribution in [3.63, 3.8) is 0 Å². The third-order valence-corrected chi connectivity index (χ3v) is 5.25. The number of rotatable bonds is 10. The van der Waals surface area contributed by atoms with E-state index in [4.69, 9.17) is 9.26 Å². The van der Waals surface area contributed by atoms with E-state index in [2.05, 4.69) is 47.1 Å². The van der Waals surface area contributed by atoms with E-state index in [0.717, 1.165) is 38.3 Å². The molecule has 0 aromatic heterocycles. The average Bonchev–Trinajstić information content (AvgIpc) is 2.47. The molecule has 0 aliphatic rings. The predicted octanol–water partition coefficient (Wildman–Crippen LogP) is 2.76. The standard InChI is InChI=1S/C16H32NO3P3/c1-12(11-18)19-16-13(7-6-8-15(16)21)14(9-10-17-22-2)20-23(3,4)5/h6-8,12,14,17-18,22-23H,9-11,21H2,1-5H3/t12-,14?/m1/s1. The van der Waals surface area contributed by atoms with E-state index in [9.17, 15) is 5.11 Å². The third-order valence-electron chi connectivity index (χ3n) is 3.20. The van der Waals surface area contributed by atoms with Gasteiger partial charge in [0.1, 0.15) is 0 Å². The predicted molar refractivity (Wildman–Crippen MR) is 110 cm³/mol. The molecule has 0 radical (unpaired) electrons. The van der Waals surface area contributed by atoms with Crippen LogP contribution in [-0.2, 0) is 4.52 Å². The molecule has 134 valence electrons. The number of ether oxygens (including phenoxy) is 1. The minimum absolute atomic E-state index is 0.00348. The van der Waals surface area contributed by atoms with Crippen molar-refractivity contribution in [2.45, 2.75) is 25.6 Å². The van der Waals surface area contributed by atoms with Crippen LogP contribution in [0.5, 0.6) is 5.75 Å². The van der Waals surface area contributed by atoms with Gasteiger partial charge in [-0.25, -0.2) is 0 Å². The van der Waals surface area contributed by atoms with Gasteiger partial charge in [-0.05, 0) is 0 Å². The molecule has 0 bridgehead atoms. The van der Waals surface area contributed by atoms with Crippen molar-refractivity contribution in [2.24, 2.45) is 0 Å². The summed E-state index contributed by atoms with van der Waals surface area (Å²) in [6, 6.07) is 6.11. The molecule has 23 heavy (non-hydrogen) atoms. The van der Waals surface area contributed by atoms with Gasteiger partial charge in [0, 0.05) is 0 Å². The maximum absolute atomic E-state index is 9.31. The molecule has 0 spiro atoms. The summed E-state index contributed by atoms with van der Waals surface area (Å²) in [6.45, 7) is 11.5. The van der Waals surface area contributed by atoms with E-state index in [1.165, 1.54) is 0 Å². The molecule has 0 amide bonds. The van der Waals surface area contributed by atoms with Crippen LogP contribution in [0.1, 0.15) is 25.0 Å². The maximum atomic E-state index is 9.31. The summed E-state index contributed by atoms with van der Waals surface area (Å²) in [6.07, 6.45) is 0.674. The van der Waals surface area contributed by atoms with Crippen LogP contribution in [0.3, 0.4) is 0 Å². The quantitative estimate of drug-likeness (QED) is 0.485. The number of benzene rings is 1. The number of hydrogen-bond acceptors (Lipinski definition) is 4. The molecule has 1 aromatic carbocycles. The first-order valence-corrected chi connectivity index (χ1v) is 13.5. The summed E-state index contributed by atoms with van der Waals surface area (Å²) in [5.41, 5.74) is 1.07. The van der Waals surface area contributed by atoms with Crippen LogP contribution in [0.2, 0.25) is 0 Å². The van der Waals surface area contributed by atoms with Crippen LogP contribution in [0.25, 0.3) is 0 Å². The van der Waals surface area contributed by atoms with Gasteiger partial charge in [-0.15, -0.1) is 0 Å². The zero-order valence-electron chi connectivity index (χ0n) is 14.8. The van der Waals surface area contributed by atoms with Crippen LogP contribution >= 0.6 is 25.5 Å². The molecule has 0 heterocycles. The summed E-state index contributed by atoms with van der Waals surface area (Å²) in [7, 11) is 1.76. The monoisotopic (exact) mass is 379 g/mol. The Bertz CT molecular complexity index is 480. The molecule has 0 saturated carbocycles. The van der Waals surface area contributed by atoms with Crippen LogP contribution in [0.4, 0.5) is 0 Å². The number of nitrogens with one attached hydrogen (secondary N) is 1. The fourth-order valence-corrected chi connectivity index (χ4v) is 4.07. The SMILES string of the molecule is CPNCCC(O[PH](C)(C)C)c1cccc(P)c1O[C@H](C)CO. The van der Waals surface area contributed by atoms with Crippen LogP contribution in [0, 0.1) is 0 Å². The Morgan fingerprint density at radius 3 is 2.61 bits per heavy atom. The van der Waals surface area contributed by atoms with Gasteiger partial charge in [0.25, 0.3) is 0 Å². The summed E-state index contributed by atoms with van der Waals surface area (Å²) >= 11 is 0. The first kappa shape index (κ1) is 21.2. The molecule has 0 aliphatic carbocycles. The van der Waals surface area contributed by atoms with Crippen molar-refractivity contribution in [3.05, 3.63) is 23.8 Å². The molecule has 3 unspecified atom stereocenters. The molecule has 0 aliphatic heterocycles. The second-order valence-corrected chi connectivity index (χ2v) is 12.5. The Kier molecular flexibility index (Phi) is 9.46.